The Balaban J connectivity index is 0.00000363. The van der Waals surface area contributed by atoms with E-state index in [9.17, 15) is 9.18 Å². The summed E-state index contributed by atoms with van der Waals surface area (Å²) >= 11 is 1.66. The monoisotopic (exact) mass is 575 g/mol. The summed E-state index contributed by atoms with van der Waals surface area (Å²) in [5, 5.41) is 8.72. The number of morpholine rings is 1. The van der Waals surface area contributed by atoms with Crippen LogP contribution in [0, 0.1) is 5.82 Å². The van der Waals surface area contributed by atoms with Gasteiger partial charge in [0.15, 0.2) is 5.96 Å². The van der Waals surface area contributed by atoms with E-state index >= 15 is 0 Å². The molecule has 0 radical (unpaired) electrons. The van der Waals surface area contributed by atoms with Gasteiger partial charge in [-0.05, 0) is 29.1 Å². The van der Waals surface area contributed by atoms with Crippen LogP contribution in [-0.2, 0) is 16.1 Å². The van der Waals surface area contributed by atoms with Crippen LogP contribution in [0.5, 0.6) is 0 Å². The molecule has 1 aliphatic heterocycles. The fraction of sp³-hybridized carbons (Fsp3) is 0.455. The Morgan fingerprint density at radius 3 is 2.56 bits per heavy atom. The van der Waals surface area contributed by atoms with Crippen LogP contribution in [0.3, 0.4) is 0 Å². The highest BCUT2D eigenvalue weighted by Gasteiger charge is 2.23. The molecule has 176 valence electrons. The molecule has 2 aromatic rings. The number of carbonyl (C=O) groups excluding carboxylic acids is 1. The standard InChI is InChI=1S/C22H30FN5O2S.HI/c1-27(2)21(29)16-26-22(24-14-19-4-3-13-31-19)25-15-20(28-9-11-30-12-10-28)17-5-7-18(23)8-6-17;/h3-8,13,20H,9-12,14-16H2,1-2H3,(H2,24,25,26);1H. The summed E-state index contributed by atoms with van der Waals surface area (Å²) in [6, 6.07) is 10.7. The fourth-order valence-corrected chi connectivity index (χ4v) is 3.92. The minimum Gasteiger partial charge on any atom is -0.379 e. The third-order valence-electron chi connectivity index (χ3n) is 5.09. The third kappa shape index (κ3) is 8.30. The molecule has 0 saturated carbocycles. The van der Waals surface area contributed by atoms with Crippen molar-refractivity contribution >= 4 is 47.2 Å². The Morgan fingerprint density at radius 2 is 1.94 bits per heavy atom. The highest BCUT2D eigenvalue weighted by atomic mass is 127. The molecule has 1 saturated heterocycles. The first-order valence-electron chi connectivity index (χ1n) is 10.3. The van der Waals surface area contributed by atoms with Crippen LogP contribution in [-0.4, -0.2) is 75.2 Å². The molecule has 1 amide bonds. The summed E-state index contributed by atoms with van der Waals surface area (Å²) < 4.78 is 19.0. The lowest BCUT2D eigenvalue weighted by Crippen LogP contribution is -2.46. The maximum atomic E-state index is 13.5. The second kappa shape index (κ2) is 13.7. The molecule has 3 rings (SSSR count). The van der Waals surface area contributed by atoms with Crippen LogP contribution >= 0.6 is 35.3 Å². The van der Waals surface area contributed by atoms with E-state index < -0.39 is 0 Å². The second-order valence-electron chi connectivity index (χ2n) is 7.48. The van der Waals surface area contributed by atoms with Crippen molar-refractivity contribution in [3.63, 3.8) is 0 Å². The molecule has 2 N–H and O–H groups in total. The molecule has 1 atom stereocenters. The molecule has 1 unspecified atom stereocenters. The SMILES string of the molecule is CN(C)C(=O)CN=C(NCc1cccs1)NCC(c1ccc(F)cc1)N1CCOCC1.I. The van der Waals surface area contributed by atoms with E-state index in [0.29, 0.717) is 32.3 Å². The Morgan fingerprint density at radius 1 is 1.22 bits per heavy atom. The van der Waals surface area contributed by atoms with Crippen molar-refractivity contribution in [1.82, 2.24) is 20.4 Å². The normalized spacial score (nSPS) is 15.5. The van der Waals surface area contributed by atoms with Crippen molar-refractivity contribution in [3.8, 4) is 0 Å². The summed E-state index contributed by atoms with van der Waals surface area (Å²) in [5.74, 6) is 0.254. The molecule has 7 nitrogen and oxygen atoms in total. The molecule has 10 heteroatoms. The van der Waals surface area contributed by atoms with Crippen molar-refractivity contribution in [2.75, 3.05) is 53.5 Å². The van der Waals surface area contributed by atoms with E-state index in [1.54, 1.807) is 25.4 Å². The lowest BCUT2D eigenvalue weighted by Gasteiger charge is -2.35. The first kappa shape index (κ1) is 26.5. The zero-order valence-corrected chi connectivity index (χ0v) is 21.6. The highest BCUT2D eigenvalue weighted by Crippen LogP contribution is 2.21. The van der Waals surface area contributed by atoms with Gasteiger partial charge in [0.1, 0.15) is 12.4 Å². The Kier molecular flexibility index (Phi) is 11.4. The van der Waals surface area contributed by atoms with Crippen LogP contribution in [0.4, 0.5) is 4.39 Å². The van der Waals surface area contributed by atoms with Crippen LogP contribution in [0.15, 0.2) is 46.8 Å². The number of hydrogen-bond acceptors (Lipinski definition) is 5. The summed E-state index contributed by atoms with van der Waals surface area (Å²) in [6.07, 6.45) is 0. The first-order chi connectivity index (χ1) is 15.0. The molecular weight excluding hydrogens is 544 g/mol. The molecule has 1 aromatic heterocycles. The number of hydrogen-bond donors (Lipinski definition) is 2. The molecule has 1 fully saturated rings. The lowest BCUT2D eigenvalue weighted by atomic mass is 10.0. The highest BCUT2D eigenvalue weighted by molar-refractivity contribution is 14.0. The van der Waals surface area contributed by atoms with Gasteiger partial charge in [0.2, 0.25) is 5.91 Å². The second-order valence-corrected chi connectivity index (χ2v) is 8.51. The number of carbonyl (C=O) groups is 1. The van der Waals surface area contributed by atoms with Gasteiger partial charge in [-0.1, -0.05) is 18.2 Å². The van der Waals surface area contributed by atoms with Gasteiger partial charge in [0.05, 0.1) is 25.8 Å². The molecule has 0 spiro atoms. The van der Waals surface area contributed by atoms with Crippen molar-refractivity contribution in [2.45, 2.75) is 12.6 Å². The zero-order chi connectivity index (χ0) is 22.1. The van der Waals surface area contributed by atoms with Gasteiger partial charge in [-0.2, -0.15) is 0 Å². The molecule has 2 heterocycles. The van der Waals surface area contributed by atoms with E-state index in [-0.39, 0.29) is 48.3 Å². The van der Waals surface area contributed by atoms with Gasteiger partial charge in [0, 0.05) is 38.6 Å². The minimum atomic E-state index is -0.250. The number of aliphatic imine (C=N–C) groups is 1. The number of nitrogens with zero attached hydrogens (tertiary/aromatic N) is 3. The van der Waals surface area contributed by atoms with Gasteiger partial charge in [-0.15, -0.1) is 35.3 Å². The van der Waals surface area contributed by atoms with Crippen molar-refractivity contribution in [2.24, 2.45) is 4.99 Å². The predicted molar refractivity (Wildman–Crippen MR) is 137 cm³/mol. The number of rotatable bonds is 8. The number of likely N-dealkylation sites (N-methyl/N-ethyl adjacent to an activating group) is 1. The van der Waals surface area contributed by atoms with E-state index in [1.165, 1.54) is 21.9 Å². The Bertz CT molecular complexity index is 843. The Labute approximate surface area is 210 Å². The summed E-state index contributed by atoms with van der Waals surface area (Å²) in [5.41, 5.74) is 1.03. The molecular formula is C22H31FIN5O2S. The zero-order valence-electron chi connectivity index (χ0n) is 18.4. The van der Waals surface area contributed by atoms with Gasteiger partial charge in [-0.25, -0.2) is 9.38 Å². The molecule has 1 aliphatic rings. The van der Waals surface area contributed by atoms with Crippen molar-refractivity contribution in [3.05, 3.63) is 58.0 Å². The third-order valence-corrected chi connectivity index (χ3v) is 5.96. The molecule has 32 heavy (non-hydrogen) atoms. The van der Waals surface area contributed by atoms with Crippen LogP contribution in [0.2, 0.25) is 0 Å². The number of nitrogens with one attached hydrogen (secondary N) is 2. The number of ether oxygens (including phenoxy) is 1. The van der Waals surface area contributed by atoms with Crippen LogP contribution < -0.4 is 10.6 Å². The van der Waals surface area contributed by atoms with E-state index in [4.69, 9.17) is 4.74 Å². The quantitative estimate of drug-likeness (QED) is 0.288. The average molecular weight is 575 g/mol. The van der Waals surface area contributed by atoms with Gasteiger partial charge in [-0.3, -0.25) is 9.69 Å². The number of thiophene rings is 1. The molecule has 1 aromatic carbocycles. The fourth-order valence-electron chi connectivity index (χ4n) is 3.27. The molecule has 0 aliphatic carbocycles. The maximum absolute atomic E-state index is 13.5. The van der Waals surface area contributed by atoms with Crippen LogP contribution in [0.1, 0.15) is 16.5 Å². The maximum Gasteiger partial charge on any atom is 0.243 e. The van der Waals surface area contributed by atoms with Gasteiger partial charge >= 0.3 is 0 Å². The largest absolute Gasteiger partial charge is 0.379 e. The number of guanidine groups is 1. The number of halogens is 2. The summed E-state index contributed by atoms with van der Waals surface area (Å²) in [7, 11) is 3.43. The molecule has 0 bridgehead atoms. The smallest absolute Gasteiger partial charge is 0.243 e. The summed E-state index contributed by atoms with van der Waals surface area (Å²) in [4.78, 5) is 21.5. The Hall–Kier alpha value is -1.76. The van der Waals surface area contributed by atoms with Crippen molar-refractivity contribution < 1.29 is 13.9 Å². The predicted octanol–water partition coefficient (Wildman–Crippen LogP) is 2.70. The topological polar surface area (TPSA) is 69.2 Å². The lowest BCUT2D eigenvalue weighted by molar-refractivity contribution is -0.127. The first-order valence-corrected chi connectivity index (χ1v) is 11.2. The van der Waals surface area contributed by atoms with Crippen LogP contribution in [0.25, 0.3) is 0 Å². The van der Waals surface area contributed by atoms with Gasteiger partial charge < -0.3 is 20.3 Å². The average Bonchev–Trinajstić information content (AvgIpc) is 3.30. The van der Waals surface area contributed by atoms with E-state index in [0.717, 1.165) is 18.7 Å². The minimum absolute atomic E-state index is 0. The van der Waals surface area contributed by atoms with Gasteiger partial charge in [0.25, 0.3) is 0 Å². The summed E-state index contributed by atoms with van der Waals surface area (Å²) in [6.45, 7) is 4.21. The number of amides is 1. The van der Waals surface area contributed by atoms with E-state index in [1.807, 2.05) is 23.6 Å². The van der Waals surface area contributed by atoms with E-state index in [2.05, 4.69) is 26.6 Å². The van der Waals surface area contributed by atoms with Crippen molar-refractivity contribution in [1.29, 1.82) is 0 Å². The number of benzene rings is 1.